The number of allylic oxidation sites excluding steroid dienone is 1. The summed E-state index contributed by atoms with van der Waals surface area (Å²) in [6, 6.07) is 12.8. The van der Waals surface area contributed by atoms with Crippen molar-refractivity contribution >= 4 is 17.7 Å². The quantitative estimate of drug-likeness (QED) is 0.232. The van der Waals surface area contributed by atoms with Crippen LogP contribution in [0.5, 0.6) is 5.75 Å². The molecule has 7 nitrogen and oxygen atoms in total. The molecule has 2 saturated carbocycles. The fourth-order valence-corrected chi connectivity index (χ4v) is 5.33. The zero-order valence-corrected chi connectivity index (χ0v) is 24.1. The Bertz CT molecular complexity index is 1480. The van der Waals surface area contributed by atoms with Gasteiger partial charge >= 0.3 is 0 Å². The van der Waals surface area contributed by atoms with Gasteiger partial charge in [0.2, 0.25) is 0 Å². The Balaban J connectivity index is 1.46. The highest BCUT2D eigenvalue weighted by atomic mass is 19.1. The number of hydrogen-bond donors (Lipinski definition) is 4. The number of aromatic nitrogens is 1. The van der Waals surface area contributed by atoms with E-state index in [0.717, 1.165) is 12.8 Å². The number of hydrogen-bond acceptors (Lipinski definition) is 6. The summed E-state index contributed by atoms with van der Waals surface area (Å²) >= 11 is 0. The van der Waals surface area contributed by atoms with Gasteiger partial charge in [-0.25, -0.2) is 9.37 Å². The molecule has 1 unspecified atom stereocenters. The van der Waals surface area contributed by atoms with E-state index >= 15 is 4.39 Å². The van der Waals surface area contributed by atoms with E-state index in [4.69, 9.17) is 21.2 Å². The van der Waals surface area contributed by atoms with E-state index in [-0.39, 0.29) is 23.1 Å². The molecule has 2 aliphatic carbocycles. The van der Waals surface area contributed by atoms with Crippen LogP contribution < -0.4 is 21.5 Å². The molecule has 1 heterocycles. The standard InChI is InChI=1S/C33H39FN4O3/c1-18(35)13-23-14-24(15-28(41-4)30(23)36)32(39)37-17-25(21-9-10-21)27-16-26(33(2,3)40)29(34)31(38-27)22-11-7-20(8-12-22)19-5-6-19/h7-8,11-16,19,21,25,40H,5-6,9-10,17,35-36H2,1-4H3,(H,37,39)/b18-13-. The van der Waals surface area contributed by atoms with Gasteiger partial charge in [0.1, 0.15) is 11.4 Å². The Morgan fingerprint density at radius 2 is 1.88 bits per heavy atom. The third-order valence-corrected chi connectivity index (χ3v) is 7.96. The molecule has 1 amide bonds. The van der Waals surface area contributed by atoms with Crippen molar-refractivity contribution in [1.82, 2.24) is 10.3 Å². The van der Waals surface area contributed by atoms with E-state index in [2.05, 4.69) is 5.32 Å². The fourth-order valence-electron chi connectivity index (χ4n) is 5.33. The van der Waals surface area contributed by atoms with Gasteiger partial charge in [-0.2, -0.15) is 0 Å². The van der Waals surface area contributed by atoms with E-state index in [1.807, 2.05) is 24.3 Å². The van der Waals surface area contributed by atoms with Crippen LogP contribution in [0.1, 0.15) is 91.0 Å². The van der Waals surface area contributed by atoms with Gasteiger partial charge in [0.15, 0.2) is 5.82 Å². The summed E-state index contributed by atoms with van der Waals surface area (Å²) in [5.41, 5.74) is 15.6. The normalized spacial score (nSPS) is 16.4. The Labute approximate surface area is 240 Å². The number of benzene rings is 2. The molecular weight excluding hydrogens is 519 g/mol. The van der Waals surface area contributed by atoms with Crippen molar-refractivity contribution < 1.29 is 19.0 Å². The zero-order chi connectivity index (χ0) is 29.5. The second kappa shape index (κ2) is 11.2. The second-order valence-corrected chi connectivity index (χ2v) is 11.9. The van der Waals surface area contributed by atoms with Crippen LogP contribution in [0.2, 0.25) is 0 Å². The number of carbonyl (C=O) groups excluding carboxylic acids is 1. The highest BCUT2D eigenvalue weighted by Crippen LogP contribution is 2.44. The van der Waals surface area contributed by atoms with Gasteiger partial charge < -0.3 is 26.6 Å². The van der Waals surface area contributed by atoms with E-state index in [0.29, 0.717) is 57.9 Å². The molecule has 1 atom stereocenters. The van der Waals surface area contributed by atoms with Crippen molar-refractivity contribution in [3.63, 3.8) is 0 Å². The summed E-state index contributed by atoms with van der Waals surface area (Å²) in [5.74, 6) is 0.313. The molecule has 0 saturated heterocycles. The van der Waals surface area contributed by atoms with Crippen LogP contribution in [0.25, 0.3) is 17.3 Å². The second-order valence-electron chi connectivity index (χ2n) is 11.9. The smallest absolute Gasteiger partial charge is 0.251 e. The number of anilines is 1. The predicted octanol–water partition coefficient (Wildman–Crippen LogP) is 5.83. The summed E-state index contributed by atoms with van der Waals surface area (Å²) < 4.78 is 21.2. The van der Waals surface area contributed by atoms with Gasteiger partial charge in [-0.1, -0.05) is 24.3 Å². The van der Waals surface area contributed by atoms with Crippen molar-refractivity contribution in [2.24, 2.45) is 11.7 Å². The number of amides is 1. The number of methoxy groups -OCH3 is 1. The van der Waals surface area contributed by atoms with Gasteiger partial charge in [-0.15, -0.1) is 0 Å². The number of aliphatic hydroxyl groups is 1. The van der Waals surface area contributed by atoms with Crippen molar-refractivity contribution in [2.75, 3.05) is 19.4 Å². The van der Waals surface area contributed by atoms with E-state index in [1.165, 1.54) is 25.5 Å². The molecule has 8 heteroatoms. The topological polar surface area (TPSA) is 123 Å². The molecule has 5 rings (SSSR count). The summed E-state index contributed by atoms with van der Waals surface area (Å²) in [7, 11) is 1.50. The Morgan fingerprint density at radius 1 is 1.20 bits per heavy atom. The number of nitrogens with zero attached hydrogens (tertiary/aromatic N) is 1. The molecule has 6 N–H and O–H groups in total. The Hall–Kier alpha value is -3.91. The first-order valence-corrected chi connectivity index (χ1v) is 14.2. The van der Waals surface area contributed by atoms with E-state index in [9.17, 15) is 9.90 Å². The van der Waals surface area contributed by atoms with E-state index in [1.54, 1.807) is 45.0 Å². The molecule has 0 bridgehead atoms. The summed E-state index contributed by atoms with van der Waals surface area (Å²) in [6.07, 6.45) is 6.05. The first-order chi connectivity index (χ1) is 19.5. The molecule has 2 aliphatic rings. The molecule has 0 aliphatic heterocycles. The summed E-state index contributed by atoms with van der Waals surface area (Å²) in [4.78, 5) is 18.1. The largest absolute Gasteiger partial charge is 0.495 e. The number of nitrogens with two attached hydrogens (primary N) is 2. The number of carbonyl (C=O) groups is 1. The minimum atomic E-state index is -1.41. The number of halogens is 1. The highest BCUT2D eigenvalue weighted by Gasteiger charge is 2.36. The SMILES string of the molecule is COc1cc(C(=O)NCC(c2cc(C(C)(C)O)c(F)c(-c3ccc(C4CC4)cc3)n2)C2CC2)cc(/C=C(/C)N)c1N. The van der Waals surface area contributed by atoms with Crippen LogP contribution >= 0.6 is 0 Å². The van der Waals surface area contributed by atoms with Gasteiger partial charge in [0.05, 0.1) is 18.4 Å². The van der Waals surface area contributed by atoms with Crippen LogP contribution in [0.3, 0.4) is 0 Å². The third kappa shape index (κ3) is 6.38. The maximum atomic E-state index is 15.8. The maximum absolute atomic E-state index is 15.8. The van der Waals surface area contributed by atoms with Gasteiger partial charge in [-0.05, 0) is 88.1 Å². The van der Waals surface area contributed by atoms with Crippen LogP contribution in [-0.2, 0) is 5.60 Å². The van der Waals surface area contributed by atoms with Crippen LogP contribution in [-0.4, -0.2) is 29.7 Å². The van der Waals surface area contributed by atoms with Crippen LogP contribution in [0.4, 0.5) is 10.1 Å². The molecule has 0 spiro atoms. The number of nitrogens with one attached hydrogen (secondary N) is 1. The van der Waals surface area contributed by atoms with Gasteiger partial charge in [0.25, 0.3) is 5.91 Å². The minimum Gasteiger partial charge on any atom is -0.495 e. The van der Waals surface area contributed by atoms with Gasteiger partial charge in [-0.3, -0.25) is 4.79 Å². The fraction of sp³-hybridized carbons (Fsp3) is 0.394. The number of nitrogen functional groups attached to an aromatic ring is 1. The average Bonchev–Trinajstić information content (AvgIpc) is 3.84. The lowest BCUT2D eigenvalue weighted by molar-refractivity contribution is 0.0742. The predicted molar refractivity (Wildman–Crippen MR) is 160 cm³/mol. The first-order valence-electron chi connectivity index (χ1n) is 14.2. The third-order valence-electron chi connectivity index (χ3n) is 7.96. The number of pyridine rings is 1. The minimum absolute atomic E-state index is 0.147. The van der Waals surface area contributed by atoms with Crippen LogP contribution in [0.15, 0.2) is 48.2 Å². The van der Waals surface area contributed by atoms with Crippen molar-refractivity contribution in [2.45, 2.75) is 63.9 Å². The van der Waals surface area contributed by atoms with Crippen molar-refractivity contribution in [1.29, 1.82) is 0 Å². The average molecular weight is 559 g/mol. The first kappa shape index (κ1) is 28.6. The Kier molecular flexibility index (Phi) is 7.79. The molecule has 1 aromatic heterocycles. The summed E-state index contributed by atoms with van der Waals surface area (Å²) in [6.45, 7) is 5.20. The molecule has 41 heavy (non-hydrogen) atoms. The maximum Gasteiger partial charge on any atom is 0.251 e. The molecule has 3 aromatic rings. The molecule has 2 fully saturated rings. The summed E-state index contributed by atoms with van der Waals surface area (Å²) in [5, 5.41) is 13.9. The zero-order valence-electron chi connectivity index (χ0n) is 24.1. The lowest BCUT2D eigenvalue weighted by atomic mass is 9.90. The lowest BCUT2D eigenvalue weighted by Gasteiger charge is -2.24. The molecule has 216 valence electrons. The lowest BCUT2D eigenvalue weighted by Crippen LogP contribution is -2.30. The van der Waals surface area contributed by atoms with Crippen LogP contribution in [0, 0.1) is 11.7 Å². The van der Waals surface area contributed by atoms with Crippen molar-refractivity contribution in [3.05, 3.63) is 81.9 Å². The van der Waals surface area contributed by atoms with E-state index < -0.39 is 11.4 Å². The number of ether oxygens (including phenoxy) is 1. The highest BCUT2D eigenvalue weighted by molar-refractivity contribution is 5.96. The molecule has 0 radical (unpaired) electrons. The van der Waals surface area contributed by atoms with Crippen molar-refractivity contribution in [3.8, 4) is 17.0 Å². The molecular formula is C33H39FN4O3. The molecule has 2 aromatic carbocycles. The Morgan fingerprint density at radius 3 is 2.44 bits per heavy atom. The van der Waals surface area contributed by atoms with Gasteiger partial charge in [0, 0.05) is 46.1 Å². The monoisotopic (exact) mass is 558 g/mol. The number of rotatable bonds is 10.